The lowest BCUT2D eigenvalue weighted by atomic mass is 9.95. The molecule has 3 N–H and O–H groups in total. The molecule has 9 heteroatoms. The second-order valence-corrected chi connectivity index (χ2v) is 7.91. The van der Waals surface area contributed by atoms with Crippen LogP contribution < -0.4 is 16.1 Å². The van der Waals surface area contributed by atoms with Crippen LogP contribution in [-0.2, 0) is 11.2 Å². The van der Waals surface area contributed by atoms with Gasteiger partial charge in [0.15, 0.2) is 0 Å². The second kappa shape index (κ2) is 10.0. The largest absolute Gasteiger partial charge is 0.343 e. The molecule has 0 spiro atoms. The summed E-state index contributed by atoms with van der Waals surface area (Å²) in [6, 6.07) is 11.5. The Labute approximate surface area is 176 Å². The predicted molar refractivity (Wildman–Crippen MR) is 112 cm³/mol. The number of nitrogens with zero attached hydrogens (tertiary/aromatic N) is 1. The maximum absolute atomic E-state index is 13.3. The van der Waals surface area contributed by atoms with Crippen LogP contribution in [0.3, 0.4) is 0 Å². The smallest absolute Gasteiger partial charge is 0.331 e. The number of rotatable bonds is 6. The summed E-state index contributed by atoms with van der Waals surface area (Å²) in [5.74, 6) is -0.322. The first-order valence-electron chi connectivity index (χ1n) is 8.83. The highest BCUT2D eigenvalue weighted by molar-refractivity contribution is 9.10. The third kappa shape index (κ3) is 7.53. The van der Waals surface area contributed by atoms with E-state index in [4.69, 9.17) is 0 Å². The molecule has 0 aliphatic rings. The lowest BCUT2D eigenvalue weighted by molar-refractivity contribution is -0.117. The predicted octanol–water partition coefficient (Wildman–Crippen LogP) is 4.20. The number of anilines is 1. The molecule has 0 aromatic heterocycles. The fourth-order valence-corrected chi connectivity index (χ4v) is 2.75. The maximum atomic E-state index is 13.3. The van der Waals surface area contributed by atoms with Gasteiger partial charge in [0.05, 0.1) is 0 Å². The van der Waals surface area contributed by atoms with Crippen molar-refractivity contribution >= 4 is 40.1 Å². The Hall–Kier alpha value is -2.94. The van der Waals surface area contributed by atoms with Gasteiger partial charge in [-0.3, -0.25) is 4.79 Å². The van der Waals surface area contributed by atoms with Gasteiger partial charge in [0.2, 0.25) is 6.41 Å². The summed E-state index contributed by atoms with van der Waals surface area (Å²) in [6.07, 6.45) is 1.24. The molecule has 2 aromatic rings. The monoisotopic (exact) mass is 464 g/mol. The first-order chi connectivity index (χ1) is 13.7. The van der Waals surface area contributed by atoms with Crippen molar-refractivity contribution in [3.63, 3.8) is 0 Å². The van der Waals surface area contributed by atoms with E-state index >= 15 is 0 Å². The van der Waals surface area contributed by atoms with Crippen molar-refractivity contribution in [1.82, 2.24) is 15.8 Å². The lowest BCUT2D eigenvalue weighted by Crippen LogP contribution is -2.56. The van der Waals surface area contributed by atoms with Gasteiger partial charge in [0.25, 0.3) is 0 Å². The number of amides is 5. The Morgan fingerprint density at radius 3 is 2.48 bits per heavy atom. The van der Waals surface area contributed by atoms with E-state index in [1.54, 1.807) is 50.2 Å². The standard InChI is InChI=1S/C20H22BrFN4O3/c1-20(2,11-10-14-4-3-5-16(22)12-14)24-19(29)26(13-27)25-18(28)23-17-8-6-15(21)7-9-17/h3-9,12-13H,10-11H2,1-2H3,(H,24,29)(H2,23,25,28). The summed E-state index contributed by atoms with van der Waals surface area (Å²) in [5.41, 5.74) is 2.77. The molecule has 154 valence electrons. The summed E-state index contributed by atoms with van der Waals surface area (Å²) in [5, 5.41) is 5.72. The van der Waals surface area contributed by atoms with Crippen LogP contribution in [0.2, 0.25) is 0 Å². The molecular weight excluding hydrogens is 443 g/mol. The highest BCUT2D eigenvalue weighted by Crippen LogP contribution is 2.15. The number of hydrogen-bond donors (Lipinski definition) is 3. The topological polar surface area (TPSA) is 90.5 Å². The fourth-order valence-electron chi connectivity index (χ4n) is 2.49. The number of urea groups is 2. The van der Waals surface area contributed by atoms with Crippen LogP contribution in [0, 0.1) is 5.82 Å². The number of hydrogen-bond acceptors (Lipinski definition) is 3. The molecule has 5 amide bonds. The van der Waals surface area contributed by atoms with Gasteiger partial charge < -0.3 is 10.6 Å². The molecule has 0 heterocycles. The van der Waals surface area contributed by atoms with Gasteiger partial charge in [-0.05, 0) is 68.7 Å². The first kappa shape index (κ1) is 22.4. The van der Waals surface area contributed by atoms with Crippen LogP contribution in [0.1, 0.15) is 25.8 Å². The lowest BCUT2D eigenvalue weighted by Gasteiger charge is -2.28. The van der Waals surface area contributed by atoms with Gasteiger partial charge in [-0.1, -0.05) is 28.1 Å². The van der Waals surface area contributed by atoms with Gasteiger partial charge in [0, 0.05) is 15.7 Å². The number of carbonyl (C=O) groups is 3. The van der Waals surface area contributed by atoms with Crippen molar-refractivity contribution in [2.75, 3.05) is 5.32 Å². The number of halogens is 2. The molecule has 0 saturated carbocycles. The van der Waals surface area contributed by atoms with E-state index in [2.05, 4.69) is 32.0 Å². The molecule has 0 fully saturated rings. The number of hydrazine groups is 1. The summed E-state index contributed by atoms with van der Waals surface area (Å²) < 4.78 is 14.1. The SMILES string of the molecule is CC(C)(CCc1cccc(F)c1)NC(=O)N(C=O)NC(=O)Nc1ccc(Br)cc1. The van der Waals surface area contributed by atoms with Gasteiger partial charge in [-0.15, -0.1) is 0 Å². The average molecular weight is 465 g/mol. The molecule has 0 saturated heterocycles. The molecule has 0 unspecified atom stereocenters. The fraction of sp³-hybridized carbons (Fsp3) is 0.250. The van der Waals surface area contributed by atoms with E-state index < -0.39 is 17.6 Å². The highest BCUT2D eigenvalue weighted by atomic mass is 79.9. The molecule has 0 aliphatic carbocycles. The molecule has 0 bridgehead atoms. The van der Waals surface area contributed by atoms with Crippen LogP contribution >= 0.6 is 15.9 Å². The summed E-state index contributed by atoms with van der Waals surface area (Å²) in [7, 11) is 0. The van der Waals surface area contributed by atoms with Gasteiger partial charge >= 0.3 is 12.1 Å². The van der Waals surface area contributed by atoms with Gasteiger partial charge in [-0.2, -0.15) is 5.01 Å². The van der Waals surface area contributed by atoms with E-state index in [0.29, 0.717) is 23.5 Å². The Kier molecular flexibility index (Phi) is 7.72. The molecule has 2 rings (SSSR count). The van der Waals surface area contributed by atoms with Crippen LogP contribution in [0.15, 0.2) is 53.0 Å². The normalized spacial score (nSPS) is 10.8. The summed E-state index contributed by atoms with van der Waals surface area (Å²) in [6.45, 7) is 3.55. The third-order valence-electron chi connectivity index (χ3n) is 4.02. The van der Waals surface area contributed by atoms with Crippen LogP contribution in [0.4, 0.5) is 19.7 Å². The van der Waals surface area contributed by atoms with Gasteiger partial charge in [0.1, 0.15) is 5.82 Å². The second-order valence-electron chi connectivity index (χ2n) is 6.99. The van der Waals surface area contributed by atoms with Crippen molar-refractivity contribution in [2.24, 2.45) is 0 Å². The molecule has 29 heavy (non-hydrogen) atoms. The summed E-state index contributed by atoms with van der Waals surface area (Å²) in [4.78, 5) is 35.6. The van der Waals surface area contributed by atoms with Crippen molar-refractivity contribution < 1.29 is 18.8 Å². The molecule has 0 aliphatic heterocycles. The van der Waals surface area contributed by atoms with Crippen molar-refractivity contribution in [2.45, 2.75) is 32.2 Å². The molecule has 0 radical (unpaired) electrons. The number of carbonyl (C=O) groups excluding carboxylic acids is 3. The number of imide groups is 1. The van der Waals surface area contributed by atoms with E-state index in [1.807, 2.05) is 0 Å². The van der Waals surface area contributed by atoms with Crippen LogP contribution in [0.25, 0.3) is 0 Å². The van der Waals surface area contributed by atoms with E-state index in [0.717, 1.165) is 10.0 Å². The van der Waals surface area contributed by atoms with E-state index in [-0.39, 0.29) is 12.2 Å². The minimum absolute atomic E-state index is 0.207. The Balaban J connectivity index is 1.89. The minimum Gasteiger partial charge on any atom is -0.331 e. The Morgan fingerprint density at radius 1 is 1.17 bits per heavy atom. The molecule has 7 nitrogen and oxygen atoms in total. The highest BCUT2D eigenvalue weighted by Gasteiger charge is 2.25. The van der Waals surface area contributed by atoms with Crippen molar-refractivity contribution in [3.8, 4) is 0 Å². The van der Waals surface area contributed by atoms with Crippen molar-refractivity contribution in [3.05, 3.63) is 64.4 Å². The van der Waals surface area contributed by atoms with Crippen LogP contribution in [0.5, 0.6) is 0 Å². The maximum Gasteiger partial charge on any atom is 0.343 e. The quantitative estimate of drug-likeness (QED) is 0.441. The number of benzene rings is 2. The Bertz CT molecular complexity index is 874. The van der Waals surface area contributed by atoms with E-state index in [9.17, 15) is 18.8 Å². The zero-order chi connectivity index (χ0) is 21.4. The first-order valence-corrected chi connectivity index (χ1v) is 9.62. The Morgan fingerprint density at radius 2 is 1.86 bits per heavy atom. The zero-order valence-corrected chi connectivity index (χ0v) is 17.6. The molecule has 2 aromatic carbocycles. The minimum atomic E-state index is -0.782. The molecular formula is C20H22BrFN4O3. The molecule has 0 atom stereocenters. The van der Waals surface area contributed by atoms with Crippen molar-refractivity contribution in [1.29, 1.82) is 0 Å². The zero-order valence-electron chi connectivity index (χ0n) is 16.0. The number of nitrogens with one attached hydrogen (secondary N) is 3. The summed E-state index contributed by atoms with van der Waals surface area (Å²) >= 11 is 3.29. The third-order valence-corrected chi connectivity index (χ3v) is 4.55. The van der Waals surface area contributed by atoms with Crippen LogP contribution in [-0.4, -0.2) is 29.0 Å². The number of aryl methyl sites for hydroxylation is 1. The van der Waals surface area contributed by atoms with E-state index in [1.165, 1.54) is 12.1 Å². The average Bonchev–Trinajstić information content (AvgIpc) is 2.66. The van der Waals surface area contributed by atoms with Gasteiger partial charge in [-0.25, -0.2) is 19.4 Å².